The van der Waals surface area contributed by atoms with Gasteiger partial charge in [0.25, 0.3) is 0 Å². The Hall–Kier alpha value is -2.61. The number of aryl methyl sites for hydroxylation is 1. The minimum atomic E-state index is -4.78. The second-order valence-corrected chi connectivity index (χ2v) is 9.86. The number of rotatable bonds is 6. The van der Waals surface area contributed by atoms with Crippen LogP contribution in [-0.4, -0.2) is 39.3 Å². The van der Waals surface area contributed by atoms with Crippen LogP contribution >= 0.6 is 11.6 Å². The molecule has 1 aliphatic carbocycles. The highest BCUT2D eigenvalue weighted by Gasteiger charge is 2.59. The van der Waals surface area contributed by atoms with E-state index in [0.717, 1.165) is 5.56 Å². The fourth-order valence-corrected chi connectivity index (χ4v) is 6.04. The molecule has 4 nitrogen and oxygen atoms in total. The van der Waals surface area contributed by atoms with Gasteiger partial charge in [-0.25, -0.2) is 0 Å². The highest BCUT2D eigenvalue weighted by atomic mass is 35.5. The van der Waals surface area contributed by atoms with E-state index in [1.54, 1.807) is 31.2 Å². The van der Waals surface area contributed by atoms with Crippen LogP contribution in [0.3, 0.4) is 0 Å². The minimum absolute atomic E-state index is 0.0573. The number of methoxy groups -OCH3 is 1. The van der Waals surface area contributed by atoms with Crippen LogP contribution in [0.5, 0.6) is 0 Å². The third kappa shape index (κ3) is 4.49. The summed E-state index contributed by atoms with van der Waals surface area (Å²) in [4.78, 5) is 13.6. The van der Waals surface area contributed by atoms with Crippen molar-refractivity contribution in [3.05, 3.63) is 93.5 Å². The van der Waals surface area contributed by atoms with Crippen LogP contribution in [0.2, 0.25) is 5.02 Å². The summed E-state index contributed by atoms with van der Waals surface area (Å²) in [7, 11) is 2.74. The fraction of sp³-hybridized carbons (Fsp3) is 0.393. The quantitative estimate of drug-likeness (QED) is 0.496. The van der Waals surface area contributed by atoms with E-state index in [1.165, 1.54) is 20.2 Å². The molecule has 0 aromatic heterocycles. The lowest BCUT2D eigenvalue weighted by atomic mass is 9.60. The molecule has 192 valence electrons. The summed E-state index contributed by atoms with van der Waals surface area (Å²) in [5.41, 5.74) is -2.58. The standard InChI is InChI=1S/C28H30ClF3N2O2/c1-18-15-21(29)9-10-22(18)27(36-3)13-12-26(25(35)33-2,16-19-7-5-4-6-8-19)23(20-11-14-34-17-20)24(27)28(30,31)32/h4-10,12-13,15,20,34H,11,14,16-17H2,1-3H3,(H,33,35). The van der Waals surface area contributed by atoms with Gasteiger partial charge in [0.2, 0.25) is 5.91 Å². The van der Waals surface area contributed by atoms with Crippen molar-refractivity contribution < 1.29 is 22.7 Å². The molecule has 0 bridgehead atoms. The van der Waals surface area contributed by atoms with Gasteiger partial charge in [0.05, 0.1) is 11.0 Å². The van der Waals surface area contributed by atoms with Crippen molar-refractivity contribution in [3.8, 4) is 0 Å². The molecule has 36 heavy (non-hydrogen) atoms. The van der Waals surface area contributed by atoms with Crippen molar-refractivity contribution in [3.63, 3.8) is 0 Å². The summed E-state index contributed by atoms with van der Waals surface area (Å²) in [5.74, 6) is -0.987. The number of carbonyl (C=O) groups is 1. The maximum absolute atomic E-state index is 15.3. The number of hydrogen-bond acceptors (Lipinski definition) is 3. The number of nitrogens with one attached hydrogen (secondary N) is 2. The number of alkyl halides is 3. The lowest BCUT2D eigenvalue weighted by Crippen LogP contribution is -2.51. The van der Waals surface area contributed by atoms with Crippen molar-refractivity contribution in [1.82, 2.24) is 10.6 Å². The summed E-state index contributed by atoms with van der Waals surface area (Å²) in [6, 6.07) is 13.9. The molecular formula is C28H30ClF3N2O2. The molecule has 1 saturated heterocycles. The van der Waals surface area contributed by atoms with Gasteiger partial charge in [-0.15, -0.1) is 0 Å². The number of benzene rings is 2. The molecule has 2 aromatic rings. The van der Waals surface area contributed by atoms with Crippen LogP contribution in [0.15, 0.2) is 71.8 Å². The first kappa shape index (κ1) is 26.5. The Morgan fingerprint density at radius 3 is 2.47 bits per heavy atom. The maximum atomic E-state index is 15.3. The van der Waals surface area contributed by atoms with Crippen LogP contribution in [-0.2, 0) is 21.6 Å². The van der Waals surface area contributed by atoms with E-state index in [1.807, 2.05) is 30.3 Å². The molecule has 2 aromatic carbocycles. The van der Waals surface area contributed by atoms with E-state index in [-0.39, 0.29) is 12.0 Å². The summed E-state index contributed by atoms with van der Waals surface area (Å²) >= 11 is 6.14. The van der Waals surface area contributed by atoms with Gasteiger partial charge < -0.3 is 15.4 Å². The van der Waals surface area contributed by atoms with Gasteiger partial charge in [-0.3, -0.25) is 4.79 Å². The average molecular weight is 519 g/mol. The van der Waals surface area contributed by atoms with Crippen molar-refractivity contribution in [2.75, 3.05) is 27.2 Å². The van der Waals surface area contributed by atoms with E-state index in [2.05, 4.69) is 10.6 Å². The number of hydrogen-bond donors (Lipinski definition) is 2. The molecular weight excluding hydrogens is 489 g/mol. The molecule has 0 spiro atoms. The summed E-state index contributed by atoms with van der Waals surface area (Å²) in [6.07, 6.45) is -1.17. The fourth-order valence-electron chi connectivity index (χ4n) is 5.81. The van der Waals surface area contributed by atoms with E-state index >= 15 is 13.2 Å². The lowest BCUT2D eigenvalue weighted by molar-refractivity contribution is -0.132. The molecule has 1 amide bonds. The lowest BCUT2D eigenvalue weighted by Gasteiger charge is -2.46. The van der Waals surface area contributed by atoms with Gasteiger partial charge in [0.15, 0.2) is 0 Å². The Labute approximate surface area is 214 Å². The first-order valence-electron chi connectivity index (χ1n) is 11.9. The first-order valence-corrected chi connectivity index (χ1v) is 12.3. The maximum Gasteiger partial charge on any atom is 0.416 e. The average Bonchev–Trinajstić information content (AvgIpc) is 3.38. The zero-order valence-electron chi connectivity index (χ0n) is 20.5. The molecule has 3 unspecified atom stereocenters. The number of amides is 1. The van der Waals surface area contributed by atoms with Crippen LogP contribution in [0.1, 0.15) is 23.1 Å². The molecule has 1 fully saturated rings. The predicted octanol–water partition coefficient (Wildman–Crippen LogP) is 5.50. The molecule has 2 aliphatic rings. The third-order valence-electron chi connectivity index (χ3n) is 7.34. The largest absolute Gasteiger partial charge is 0.416 e. The van der Waals surface area contributed by atoms with Gasteiger partial charge in [-0.1, -0.05) is 54.1 Å². The molecule has 8 heteroatoms. The molecule has 1 heterocycles. The Morgan fingerprint density at radius 2 is 1.92 bits per heavy atom. The Kier molecular flexibility index (Phi) is 7.37. The monoisotopic (exact) mass is 518 g/mol. The number of carbonyl (C=O) groups excluding carboxylic acids is 1. The van der Waals surface area contributed by atoms with Gasteiger partial charge in [-0.05, 0) is 72.7 Å². The van der Waals surface area contributed by atoms with Gasteiger partial charge in [0.1, 0.15) is 5.60 Å². The molecule has 4 rings (SSSR count). The van der Waals surface area contributed by atoms with Crippen LogP contribution in [0.25, 0.3) is 0 Å². The zero-order chi connectivity index (χ0) is 26.1. The van der Waals surface area contributed by atoms with Gasteiger partial charge in [-0.2, -0.15) is 13.2 Å². The van der Waals surface area contributed by atoms with Crippen molar-refractivity contribution >= 4 is 17.5 Å². The second-order valence-electron chi connectivity index (χ2n) is 9.42. The molecule has 0 saturated carbocycles. The Balaban J connectivity index is 2.10. The number of ether oxygens (including phenoxy) is 1. The van der Waals surface area contributed by atoms with Gasteiger partial charge in [0, 0.05) is 25.7 Å². The van der Waals surface area contributed by atoms with E-state index < -0.39 is 34.6 Å². The van der Waals surface area contributed by atoms with Gasteiger partial charge >= 0.3 is 6.18 Å². The van der Waals surface area contributed by atoms with Crippen molar-refractivity contribution in [2.24, 2.45) is 11.3 Å². The normalized spacial score (nSPS) is 26.4. The third-order valence-corrected chi connectivity index (χ3v) is 7.58. The SMILES string of the molecule is CNC(=O)C1(Cc2ccccc2)C=CC(OC)(c2ccc(Cl)cc2C)C(C(F)(F)F)=C1C1CCNC1. The molecule has 3 atom stereocenters. The van der Waals surface area contributed by atoms with Crippen LogP contribution < -0.4 is 10.6 Å². The van der Waals surface area contributed by atoms with Crippen LogP contribution in [0.4, 0.5) is 13.2 Å². The minimum Gasteiger partial charge on any atom is -0.365 e. The van der Waals surface area contributed by atoms with Crippen molar-refractivity contribution in [2.45, 2.75) is 31.5 Å². The summed E-state index contributed by atoms with van der Waals surface area (Å²) in [5, 5.41) is 6.26. The topological polar surface area (TPSA) is 50.4 Å². The molecule has 2 N–H and O–H groups in total. The predicted molar refractivity (Wildman–Crippen MR) is 135 cm³/mol. The molecule has 0 radical (unpaired) electrons. The smallest absolute Gasteiger partial charge is 0.365 e. The van der Waals surface area contributed by atoms with E-state index in [9.17, 15) is 4.79 Å². The zero-order valence-corrected chi connectivity index (χ0v) is 21.3. The highest BCUT2D eigenvalue weighted by molar-refractivity contribution is 6.30. The second kappa shape index (κ2) is 10.0. The summed E-state index contributed by atoms with van der Waals surface area (Å²) in [6.45, 7) is 2.62. The van der Waals surface area contributed by atoms with Crippen LogP contribution in [0, 0.1) is 18.3 Å². The highest BCUT2D eigenvalue weighted by Crippen LogP contribution is 2.56. The Bertz CT molecular complexity index is 1190. The Morgan fingerprint density at radius 1 is 1.19 bits per heavy atom. The first-order chi connectivity index (χ1) is 17.1. The van der Waals surface area contributed by atoms with Crippen molar-refractivity contribution in [1.29, 1.82) is 0 Å². The van der Waals surface area contributed by atoms with E-state index in [0.29, 0.717) is 35.7 Å². The summed E-state index contributed by atoms with van der Waals surface area (Å²) < 4.78 is 51.8. The van der Waals surface area contributed by atoms with E-state index in [4.69, 9.17) is 16.3 Å². The molecule has 1 aliphatic heterocycles. The number of halogens is 4.